The van der Waals surface area contributed by atoms with E-state index in [9.17, 15) is 4.79 Å². The van der Waals surface area contributed by atoms with Gasteiger partial charge in [0.2, 0.25) is 17.8 Å². The summed E-state index contributed by atoms with van der Waals surface area (Å²) in [6, 6.07) is -0.0836. The minimum absolute atomic E-state index is 0.0197. The van der Waals surface area contributed by atoms with Crippen molar-refractivity contribution < 1.29 is 9.53 Å². The highest BCUT2D eigenvalue weighted by atomic mass is 16.5. The molecule has 1 amide bonds. The number of carbonyl (C=O) groups excluding carboxylic acids is 1. The molecule has 2 heterocycles. The Morgan fingerprint density at radius 1 is 1.40 bits per heavy atom. The fourth-order valence-electron chi connectivity index (χ4n) is 2.11. The van der Waals surface area contributed by atoms with Crippen LogP contribution in [-0.2, 0) is 4.79 Å². The zero-order valence-corrected chi connectivity index (χ0v) is 11.8. The average Bonchev–Trinajstić information content (AvgIpc) is 2.44. The van der Waals surface area contributed by atoms with Crippen molar-refractivity contribution >= 4 is 17.8 Å². The van der Waals surface area contributed by atoms with E-state index in [0.29, 0.717) is 32.1 Å². The first-order chi connectivity index (χ1) is 9.65. The molecule has 8 nitrogen and oxygen atoms in total. The van der Waals surface area contributed by atoms with Gasteiger partial charge in [-0.3, -0.25) is 4.79 Å². The van der Waals surface area contributed by atoms with Gasteiger partial charge in [0.25, 0.3) is 0 Å². The maximum atomic E-state index is 11.9. The molecule has 0 radical (unpaired) electrons. The van der Waals surface area contributed by atoms with Crippen LogP contribution in [0.2, 0.25) is 0 Å². The van der Waals surface area contributed by atoms with Gasteiger partial charge >= 0.3 is 6.01 Å². The van der Waals surface area contributed by atoms with E-state index in [4.69, 9.17) is 10.5 Å². The molecule has 2 rings (SSSR count). The van der Waals surface area contributed by atoms with E-state index in [1.54, 1.807) is 0 Å². The molecule has 1 fully saturated rings. The molecule has 1 saturated heterocycles. The molecule has 0 aromatic carbocycles. The highest BCUT2D eigenvalue weighted by Gasteiger charge is 2.30. The van der Waals surface area contributed by atoms with Gasteiger partial charge in [0.1, 0.15) is 6.04 Å². The van der Waals surface area contributed by atoms with Crippen LogP contribution in [0.5, 0.6) is 6.01 Å². The molecule has 1 aromatic heterocycles. The van der Waals surface area contributed by atoms with Crippen LogP contribution in [0.3, 0.4) is 0 Å². The summed E-state index contributed by atoms with van der Waals surface area (Å²) in [6.45, 7) is 5.66. The quantitative estimate of drug-likeness (QED) is 0.779. The van der Waals surface area contributed by atoms with Crippen molar-refractivity contribution in [1.82, 2.24) is 20.3 Å². The number of aromatic nitrogens is 3. The largest absolute Gasteiger partial charge is 0.463 e. The summed E-state index contributed by atoms with van der Waals surface area (Å²) < 4.78 is 5.39. The van der Waals surface area contributed by atoms with Crippen molar-refractivity contribution in [3.8, 4) is 6.01 Å². The Morgan fingerprint density at radius 3 is 2.90 bits per heavy atom. The standard InChI is InChI=1S/C12H20N6O2/c1-3-7-20-12-16-10(13)15-11(17-12)18-6-5-14-9(19)8(18)4-2/h8H,3-7H2,1-2H3,(H,14,19)(H2,13,15,16,17). The van der Waals surface area contributed by atoms with Gasteiger partial charge in [0.15, 0.2) is 0 Å². The SMILES string of the molecule is CCCOc1nc(N)nc(N2CCNC(=O)C2CC)n1. The van der Waals surface area contributed by atoms with Gasteiger partial charge in [-0.15, -0.1) is 0 Å². The van der Waals surface area contributed by atoms with Crippen LogP contribution in [0.15, 0.2) is 0 Å². The number of anilines is 2. The number of amides is 1. The van der Waals surface area contributed by atoms with Gasteiger partial charge in [-0.1, -0.05) is 13.8 Å². The molecule has 110 valence electrons. The first-order valence-corrected chi connectivity index (χ1v) is 6.84. The number of rotatable bonds is 5. The Balaban J connectivity index is 2.25. The molecule has 0 saturated carbocycles. The lowest BCUT2D eigenvalue weighted by Gasteiger charge is -2.34. The molecule has 8 heteroatoms. The molecule has 20 heavy (non-hydrogen) atoms. The van der Waals surface area contributed by atoms with E-state index >= 15 is 0 Å². The lowest BCUT2D eigenvalue weighted by molar-refractivity contribution is -0.123. The molecule has 3 N–H and O–H groups in total. The third-order valence-electron chi connectivity index (χ3n) is 3.03. The van der Waals surface area contributed by atoms with Crippen LogP contribution >= 0.6 is 0 Å². The lowest BCUT2D eigenvalue weighted by atomic mass is 10.1. The summed E-state index contributed by atoms with van der Waals surface area (Å²) in [6.07, 6.45) is 1.52. The number of carbonyl (C=O) groups is 1. The topological polar surface area (TPSA) is 106 Å². The van der Waals surface area contributed by atoms with Crippen LogP contribution < -0.4 is 20.7 Å². The molecule has 1 unspecified atom stereocenters. The minimum atomic E-state index is -0.287. The van der Waals surface area contributed by atoms with Crippen molar-refractivity contribution in [3.05, 3.63) is 0 Å². The van der Waals surface area contributed by atoms with Crippen molar-refractivity contribution in [2.24, 2.45) is 0 Å². The Hall–Kier alpha value is -2.12. The first-order valence-electron chi connectivity index (χ1n) is 6.84. The Morgan fingerprint density at radius 2 is 2.20 bits per heavy atom. The number of piperazine rings is 1. The third kappa shape index (κ3) is 3.06. The maximum Gasteiger partial charge on any atom is 0.323 e. The van der Waals surface area contributed by atoms with Crippen molar-refractivity contribution in [2.75, 3.05) is 30.3 Å². The molecule has 0 spiro atoms. The van der Waals surface area contributed by atoms with Crippen LogP contribution in [0.4, 0.5) is 11.9 Å². The van der Waals surface area contributed by atoms with Crippen LogP contribution in [0.25, 0.3) is 0 Å². The van der Waals surface area contributed by atoms with Gasteiger partial charge in [-0.25, -0.2) is 0 Å². The summed E-state index contributed by atoms with van der Waals surface area (Å²) in [4.78, 5) is 26.0. The summed E-state index contributed by atoms with van der Waals surface area (Å²) in [5, 5.41) is 2.83. The zero-order chi connectivity index (χ0) is 14.5. The Bertz CT molecular complexity index is 481. The van der Waals surface area contributed by atoms with Gasteiger partial charge in [-0.05, 0) is 12.8 Å². The molecule has 1 aromatic rings. The van der Waals surface area contributed by atoms with Crippen molar-refractivity contribution in [1.29, 1.82) is 0 Å². The molecule has 0 bridgehead atoms. The predicted molar refractivity (Wildman–Crippen MR) is 74.5 cm³/mol. The number of hydrogen-bond acceptors (Lipinski definition) is 7. The summed E-state index contributed by atoms with van der Waals surface area (Å²) in [5.74, 6) is 0.473. The maximum absolute atomic E-state index is 11.9. The summed E-state index contributed by atoms with van der Waals surface area (Å²) in [5.41, 5.74) is 5.69. The lowest BCUT2D eigenvalue weighted by Crippen LogP contribution is -2.55. The van der Waals surface area contributed by atoms with Gasteiger partial charge in [0, 0.05) is 13.1 Å². The third-order valence-corrected chi connectivity index (χ3v) is 3.03. The molecular weight excluding hydrogens is 260 g/mol. The fourth-order valence-corrected chi connectivity index (χ4v) is 2.11. The molecular formula is C12H20N6O2. The highest BCUT2D eigenvalue weighted by molar-refractivity contribution is 5.85. The second kappa shape index (κ2) is 6.36. The van der Waals surface area contributed by atoms with Gasteiger partial charge < -0.3 is 20.7 Å². The zero-order valence-electron chi connectivity index (χ0n) is 11.8. The summed E-state index contributed by atoms with van der Waals surface area (Å²) in [7, 11) is 0. The second-order valence-electron chi connectivity index (χ2n) is 4.53. The normalized spacial score (nSPS) is 18.8. The average molecular weight is 280 g/mol. The van der Waals surface area contributed by atoms with E-state index < -0.39 is 0 Å². The highest BCUT2D eigenvalue weighted by Crippen LogP contribution is 2.19. The Labute approximate surface area is 117 Å². The minimum Gasteiger partial charge on any atom is -0.463 e. The number of ether oxygens (including phenoxy) is 1. The molecule has 1 aliphatic heterocycles. The smallest absolute Gasteiger partial charge is 0.323 e. The number of nitrogens with one attached hydrogen (secondary N) is 1. The van der Waals surface area contributed by atoms with Crippen LogP contribution in [-0.4, -0.2) is 46.6 Å². The van der Waals surface area contributed by atoms with Crippen molar-refractivity contribution in [3.63, 3.8) is 0 Å². The molecule has 1 aliphatic rings. The Kier molecular flexibility index (Phi) is 4.54. The fraction of sp³-hybridized carbons (Fsp3) is 0.667. The first kappa shape index (κ1) is 14.3. The second-order valence-corrected chi connectivity index (χ2v) is 4.53. The van der Waals surface area contributed by atoms with Gasteiger partial charge in [0.05, 0.1) is 6.61 Å². The van der Waals surface area contributed by atoms with Gasteiger partial charge in [-0.2, -0.15) is 15.0 Å². The van der Waals surface area contributed by atoms with E-state index in [1.807, 2.05) is 18.7 Å². The number of hydrogen-bond donors (Lipinski definition) is 2. The predicted octanol–water partition coefficient (Wildman–Crippen LogP) is -0.0426. The number of nitrogen functional groups attached to an aromatic ring is 1. The monoisotopic (exact) mass is 280 g/mol. The molecule has 0 aliphatic carbocycles. The number of nitrogens with two attached hydrogens (primary N) is 1. The van der Waals surface area contributed by atoms with Crippen molar-refractivity contribution in [2.45, 2.75) is 32.7 Å². The molecule has 1 atom stereocenters. The van der Waals surface area contributed by atoms with E-state index in [0.717, 1.165) is 6.42 Å². The van der Waals surface area contributed by atoms with Crippen LogP contribution in [0.1, 0.15) is 26.7 Å². The van der Waals surface area contributed by atoms with E-state index in [1.165, 1.54) is 0 Å². The van der Waals surface area contributed by atoms with Crippen LogP contribution in [0, 0.1) is 0 Å². The number of nitrogens with zero attached hydrogens (tertiary/aromatic N) is 4. The van der Waals surface area contributed by atoms with E-state index in [-0.39, 0.29) is 23.9 Å². The van der Waals surface area contributed by atoms with E-state index in [2.05, 4.69) is 20.3 Å². The summed E-state index contributed by atoms with van der Waals surface area (Å²) >= 11 is 0.